The molecule has 1 heterocycles. The number of fused-ring (bicyclic) bond motifs is 1. The Morgan fingerprint density at radius 2 is 1.95 bits per heavy atom. The average molecular weight is 318 g/mol. The Bertz CT molecular complexity index is 770. The molecule has 0 spiro atoms. The third-order valence-electron chi connectivity index (χ3n) is 3.51. The first-order chi connectivity index (χ1) is 10.6. The van der Waals surface area contributed by atoms with E-state index >= 15 is 0 Å². The van der Waals surface area contributed by atoms with Crippen LogP contribution >= 0.6 is 0 Å². The summed E-state index contributed by atoms with van der Waals surface area (Å²) < 4.78 is 32.8. The van der Waals surface area contributed by atoms with Crippen LogP contribution < -0.4 is 14.8 Å². The van der Waals surface area contributed by atoms with Gasteiger partial charge in [0.15, 0.2) is 0 Å². The fraction of sp³-hybridized carbons (Fsp3) is 0.250. The van der Waals surface area contributed by atoms with Crippen LogP contribution in [0.15, 0.2) is 47.4 Å². The van der Waals surface area contributed by atoms with E-state index < -0.39 is 10.0 Å². The molecule has 1 aliphatic heterocycles. The van der Waals surface area contributed by atoms with Gasteiger partial charge in [-0.3, -0.25) is 4.72 Å². The summed E-state index contributed by atoms with van der Waals surface area (Å²) in [7, 11) is -3.58. The number of benzene rings is 2. The van der Waals surface area contributed by atoms with Crippen LogP contribution in [0, 0.1) is 0 Å². The minimum absolute atomic E-state index is 0.281. The molecule has 0 aliphatic carbocycles. The molecule has 1 aliphatic rings. The molecule has 0 aromatic heterocycles. The second-order valence-corrected chi connectivity index (χ2v) is 6.74. The molecule has 0 atom stereocenters. The third-order valence-corrected chi connectivity index (χ3v) is 4.89. The molecule has 3 rings (SSSR count). The van der Waals surface area contributed by atoms with Gasteiger partial charge in [0, 0.05) is 17.9 Å². The van der Waals surface area contributed by atoms with Gasteiger partial charge in [-0.15, -0.1) is 0 Å². The Morgan fingerprint density at radius 1 is 1.18 bits per heavy atom. The van der Waals surface area contributed by atoms with E-state index in [2.05, 4.69) is 10.0 Å². The smallest absolute Gasteiger partial charge is 0.261 e. The summed E-state index contributed by atoms with van der Waals surface area (Å²) in [6, 6.07) is 12.0. The minimum atomic E-state index is -3.58. The second-order valence-electron chi connectivity index (χ2n) is 5.06. The van der Waals surface area contributed by atoms with Crippen LogP contribution in [0.2, 0.25) is 0 Å². The topological polar surface area (TPSA) is 67.4 Å². The van der Waals surface area contributed by atoms with Gasteiger partial charge in [-0.2, -0.15) is 0 Å². The van der Waals surface area contributed by atoms with Crippen LogP contribution in [0.25, 0.3) is 0 Å². The van der Waals surface area contributed by atoms with E-state index in [1.807, 2.05) is 13.0 Å². The Kier molecular flexibility index (Phi) is 3.94. The number of hydrogen-bond donors (Lipinski definition) is 2. The zero-order valence-corrected chi connectivity index (χ0v) is 13.1. The van der Waals surface area contributed by atoms with Crippen molar-refractivity contribution in [2.24, 2.45) is 0 Å². The van der Waals surface area contributed by atoms with Gasteiger partial charge >= 0.3 is 0 Å². The molecule has 2 aromatic carbocycles. The zero-order valence-electron chi connectivity index (χ0n) is 12.3. The fourth-order valence-electron chi connectivity index (χ4n) is 2.45. The zero-order chi connectivity index (χ0) is 15.6. The van der Waals surface area contributed by atoms with Gasteiger partial charge in [0.25, 0.3) is 10.0 Å². The molecule has 0 fully saturated rings. The van der Waals surface area contributed by atoms with Crippen molar-refractivity contribution in [3.63, 3.8) is 0 Å². The maximum atomic E-state index is 12.4. The van der Waals surface area contributed by atoms with Crippen LogP contribution in [-0.2, 0) is 16.4 Å². The van der Waals surface area contributed by atoms with Crippen molar-refractivity contribution < 1.29 is 13.2 Å². The minimum Gasteiger partial charge on any atom is -0.494 e. The quantitative estimate of drug-likeness (QED) is 0.889. The lowest BCUT2D eigenvalue weighted by Crippen LogP contribution is -2.13. The lowest BCUT2D eigenvalue weighted by molar-refractivity contribution is 0.340. The summed E-state index contributed by atoms with van der Waals surface area (Å²) in [4.78, 5) is 0.281. The average Bonchev–Trinajstić information content (AvgIpc) is 2.97. The molecule has 5 nitrogen and oxygen atoms in total. The van der Waals surface area contributed by atoms with E-state index in [9.17, 15) is 8.42 Å². The van der Waals surface area contributed by atoms with Crippen LogP contribution in [-0.4, -0.2) is 21.6 Å². The number of hydrogen-bond acceptors (Lipinski definition) is 4. The number of sulfonamides is 1. The largest absolute Gasteiger partial charge is 0.494 e. The van der Waals surface area contributed by atoms with E-state index in [1.165, 1.54) is 0 Å². The molecule has 116 valence electrons. The van der Waals surface area contributed by atoms with Crippen LogP contribution in [0.5, 0.6) is 5.75 Å². The molecule has 6 heteroatoms. The molecular formula is C16H18N2O3S. The van der Waals surface area contributed by atoms with E-state index in [0.29, 0.717) is 18.0 Å². The third kappa shape index (κ3) is 3.01. The van der Waals surface area contributed by atoms with E-state index in [1.54, 1.807) is 36.4 Å². The van der Waals surface area contributed by atoms with Crippen molar-refractivity contribution in [1.82, 2.24) is 0 Å². The summed E-state index contributed by atoms with van der Waals surface area (Å²) in [6.07, 6.45) is 0.849. The normalized spacial score (nSPS) is 13.3. The number of ether oxygens (including phenoxy) is 1. The van der Waals surface area contributed by atoms with Gasteiger partial charge in [0.1, 0.15) is 5.75 Å². The molecule has 22 heavy (non-hydrogen) atoms. The van der Waals surface area contributed by atoms with Crippen LogP contribution in [0.1, 0.15) is 12.5 Å². The number of nitrogens with one attached hydrogen (secondary N) is 2. The maximum Gasteiger partial charge on any atom is 0.261 e. The summed E-state index contributed by atoms with van der Waals surface area (Å²) in [6.45, 7) is 3.33. The second kappa shape index (κ2) is 5.88. The highest BCUT2D eigenvalue weighted by Crippen LogP contribution is 2.26. The molecule has 2 N–H and O–H groups in total. The summed E-state index contributed by atoms with van der Waals surface area (Å²) in [5, 5.41) is 3.22. The summed E-state index contributed by atoms with van der Waals surface area (Å²) in [5.41, 5.74) is 2.57. The number of rotatable bonds is 5. The summed E-state index contributed by atoms with van der Waals surface area (Å²) in [5.74, 6) is 0.717. The standard InChI is InChI=1S/C16H18N2O3S/c1-2-21-14-5-3-13(4-6-14)18-22(19,20)15-7-8-16-12(11-15)9-10-17-16/h3-8,11,17-18H,2,9-10H2,1H3. The van der Waals surface area contributed by atoms with Crippen molar-refractivity contribution in [1.29, 1.82) is 0 Å². The molecule has 0 bridgehead atoms. The van der Waals surface area contributed by atoms with Crippen molar-refractivity contribution in [2.45, 2.75) is 18.2 Å². The first-order valence-electron chi connectivity index (χ1n) is 7.21. The molecule has 0 saturated heterocycles. The summed E-state index contributed by atoms with van der Waals surface area (Å²) >= 11 is 0. The van der Waals surface area contributed by atoms with E-state index in [4.69, 9.17) is 4.74 Å². The lowest BCUT2D eigenvalue weighted by Gasteiger charge is -2.10. The first kappa shape index (κ1) is 14.7. The molecule has 0 unspecified atom stereocenters. The number of anilines is 2. The van der Waals surface area contributed by atoms with Gasteiger partial charge in [-0.1, -0.05) is 0 Å². The monoisotopic (exact) mass is 318 g/mol. The van der Waals surface area contributed by atoms with Crippen LogP contribution in [0.3, 0.4) is 0 Å². The molecule has 0 amide bonds. The molecular weight excluding hydrogens is 300 g/mol. The highest BCUT2D eigenvalue weighted by atomic mass is 32.2. The van der Waals surface area contributed by atoms with Crippen molar-refractivity contribution in [3.05, 3.63) is 48.0 Å². The van der Waals surface area contributed by atoms with Crippen molar-refractivity contribution in [3.8, 4) is 5.75 Å². The SMILES string of the molecule is CCOc1ccc(NS(=O)(=O)c2ccc3c(c2)CCN3)cc1. The van der Waals surface area contributed by atoms with E-state index in [0.717, 1.165) is 24.2 Å². The Morgan fingerprint density at radius 3 is 2.68 bits per heavy atom. The fourth-order valence-corrected chi connectivity index (χ4v) is 3.56. The van der Waals surface area contributed by atoms with Gasteiger partial charge in [0.05, 0.1) is 11.5 Å². The Hall–Kier alpha value is -2.21. The Balaban J connectivity index is 1.81. The van der Waals surface area contributed by atoms with Gasteiger partial charge < -0.3 is 10.1 Å². The van der Waals surface area contributed by atoms with Gasteiger partial charge in [0.2, 0.25) is 0 Å². The van der Waals surface area contributed by atoms with E-state index in [-0.39, 0.29) is 4.90 Å². The van der Waals surface area contributed by atoms with Crippen molar-refractivity contribution >= 4 is 21.4 Å². The molecule has 0 radical (unpaired) electrons. The molecule has 0 saturated carbocycles. The first-order valence-corrected chi connectivity index (χ1v) is 8.69. The van der Waals surface area contributed by atoms with Crippen molar-refractivity contribution in [2.75, 3.05) is 23.2 Å². The van der Waals surface area contributed by atoms with Gasteiger partial charge in [-0.05, 0) is 61.4 Å². The predicted octanol–water partition coefficient (Wildman–Crippen LogP) is 2.85. The highest BCUT2D eigenvalue weighted by Gasteiger charge is 2.18. The highest BCUT2D eigenvalue weighted by molar-refractivity contribution is 7.92. The lowest BCUT2D eigenvalue weighted by atomic mass is 10.2. The Labute approximate surface area is 130 Å². The predicted molar refractivity (Wildman–Crippen MR) is 87.1 cm³/mol. The maximum absolute atomic E-state index is 12.4. The van der Waals surface area contributed by atoms with Gasteiger partial charge in [-0.25, -0.2) is 8.42 Å². The van der Waals surface area contributed by atoms with Crippen LogP contribution in [0.4, 0.5) is 11.4 Å². The molecule has 2 aromatic rings.